The lowest BCUT2D eigenvalue weighted by Gasteiger charge is -2.24. The van der Waals surface area contributed by atoms with E-state index in [9.17, 15) is 5.11 Å². The highest BCUT2D eigenvalue weighted by Crippen LogP contribution is 2.45. The van der Waals surface area contributed by atoms with Gasteiger partial charge in [-0.05, 0) is 24.6 Å². The average Bonchev–Trinajstić information content (AvgIpc) is 2.80. The normalized spacial score (nSPS) is 12.0. The second kappa shape index (κ2) is 9.23. The van der Waals surface area contributed by atoms with Crippen LogP contribution in [-0.4, -0.2) is 29.3 Å². The maximum Gasteiger partial charge on any atom is 0.164 e. The number of pyridine rings is 2. The number of hydrogen-bond donors (Lipinski definition) is 1. The molecular weight excluding hydrogens is 447 g/mol. The van der Waals surface area contributed by atoms with Gasteiger partial charge in [0.1, 0.15) is 11.3 Å². The Kier molecular flexibility index (Phi) is 6.40. The van der Waals surface area contributed by atoms with Crippen molar-refractivity contribution in [1.29, 1.82) is 0 Å². The van der Waals surface area contributed by atoms with Crippen LogP contribution in [0.25, 0.3) is 10.9 Å². The molecule has 2 heterocycles. The minimum absolute atomic E-state index is 0.120. The lowest BCUT2D eigenvalue weighted by atomic mass is 9.85. The molecule has 0 amide bonds. The molecule has 0 radical (unpaired) electrons. The standard InChI is InChI=1S/C25H22Cl2N2O3/c1-14-6-8-18(25(32-3)24(14)31-2)19(11-16-12-20(26)21(27)13-29-16)17-9-7-15-5-4-10-28-22(15)23(17)30/h4-10,12-13,19,30H,11H2,1-3H3. The fourth-order valence-corrected chi connectivity index (χ4v) is 4.28. The molecule has 0 saturated carbocycles. The largest absolute Gasteiger partial charge is 0.505 e. The Hall–Kier alpha value is -3.02. The number of hydrogen-bond acceptors (Lipinski definition) is 5. The third kappa shape index (κ3) is 4.06. The van der Waals surface area contributed by atoms with Crippen molar-refractivity contribution in [3.8, 4) is 17.2 Å². The predicted molar refractivity (Wildman–Crippen MR) is 127 cm³/mol. The van der Waals surface area contributed by atoms with Crippen LogP contribution in [0.1, 0.15) is 28.3 Å². The summed E-state index contributed by atoms with van der Waals surface area (Å²) in [6, 6.07) is 13.3. The first-order valence-electron chi connectivity index (χ1n) is 10.0. The Balaban J connectivity index is 1.94. The fraction of sp³-hybridized carbons (Fsp3) is 0.200. The first-order valence-corrected chi connectivity index (χ1v) is 10.8. The summed E-state index contributed by atoms with van der Waals surface area (Å²) in [5.41, 5.74) is 3.77. The Morgan fingerprint density at radius 1 is 0.938 bits per heavy atom. The van der Waals surface area contributed by atoms with Crippen molar-refractivity contribution in [3.05, 3.63) is 87.3 Å². The van der Waals surface area contributed by atoms with Gasteiger partial charge in [-0.15, -0.1) is 0 Å². The summed E-state index contributed by atoms with van der Waals surface area (Å²) in [4.78, 5) is 8.83. The van der Waals surface area contributed by atoms with E-state index in [2.05, 4.69) is 9.97 Å². The molecule has 1 N–H and O–H groups in total. The van der Waals surface area contributed by atoms with E-state index < -0.39 is 0 Å². The summed E-state index contributed by atoms with van der Waals surface area (Å²) in [6.45, 7) is 1.96. The number of aromatic hydroxyl groups is 1. The molecule has 0 saturated heterocycles. The molecule has 164 valence electrons. The van der Waals surface area contributed by atoms with Crippen molar-refractivity contribution < 1.29 is 14.6 Å². The summed E-state index contributed by atoms with van der Waals surface area (Å²) in [5, 5.41) is 12.9. The molecule has 0 fully saturated rings. The Bertz CT molecular complexity index is 1290. The molecule has 0 aliphatic heterocycles. The van der Waals surface area contributed by atoms with Crippen molar-refractivity contribution in [1.82, 2.24) is 9.97 Å². The summed E-state index contributed by atoms with van der Waals surface area (Å²) in [6.07, 6.45) is 3.65. The molecule has 32 heavy (non-hydrogen) atoms. The molecule has 0 aliphatic carbocycles. The highest BCUT2D eigenvalue weighted by Gasteiger charge is 2.26. The number of halogens is 2. The zero-order valence-corrected chi connectivity index (χ0v) is 19.4. The third-order valence-corrected chi connectivity index (χ3v) is 6.27. The second-order valence-corrected chi connectivity index (χ2v) is 8.28. The van der Waals surface area contributed by atoms with Gasteiger partial charge in [0, 0.05) is 46.9 Å². The maximum atomic E-state index is 11.2. The molecule has 4 aromatic rings. The number of rotatable bonds is 6. The molecule has 7 heteroatoms. The van der Waals surface area contributed by atoms with Crippen LogP contribution in [0.2, 0.25) is 10.0 Å². The lowest BCUT2D eigenvalue weighted by molar-refractivity contribution is 0.348. The van der Waals surface area contributed by atoms with Gasteiger partial charge in [-0.3, -0.25) is 9.97 Å². The van der Waals surface area contributed by atoms with E-state index in [-0.39, 0.29) is 11.7 Å². The fourth-order valence-electron chi connectivity index (χ4n) is 4.00. The average molecular weight is 469 g/mol. The number of aryl methyl sites for hydroxylation is 1. The van der Waals surface area contributed by atoms with E-state index in [4.69, 9.17) is 32.7 Å². The van der Waals surface area contributed by atoms with Crippen LogP contribution >= 0.6 is 23.2 Å². The van der Waals surface area contributed by atoms with Crippen molar-refractivity contribution in [2.24, 2.45) is 0 Å². The molecule has 4 rings (SSSR count). The number of phenols is 1. The Morgan fingerprint density at radius 3 is 2.41 bits per heavy atom. The van der Waals surface area contributed by atoms with Gasteiger partial charge < -0.3 is 14.6 Å². The van der Waals surface area contributed by atoms with Crippen molar-refractivity contribution >= 4 is 34.1 Å². The van der Waals surface area contributed by atoms with Crippen LogP contribution in [0, 0.1) is 6.92 Å². The van der Waals surface area contributed by atoms with Crippen LogP contribution in [0.4, 0.5) is 0 Å². The van der Waals surface area contributed by atoms with E-state index in [0.29, 0.717) is 39.0 Å². The van der Waals surface area contributed by atoms with Gasteiger partial charge in [-0.1, -0.05) is 53.5 Å². The first-order chi connectivity index (χ1) is 15.4. The van der Waals surface area contributed by atoms with Gasteiger partial charge in [0.15, 0.2) is 11.5 Å². The molecule has 2 aromatic heterocycles. The predicted octanol–water partition coefficient (Wildman–Crippen LogP) is 6.34. The topological polar surface area (TPSA) is 64.5 Å². The Labute approximate surface area is 196 Å². The molecule has 1 atom stereocenters. The van der Waals surface area contributed by atoms with E-state index in [1.54, 1.807) is 26.5 Å². The number of phenolic OH excluding ortho intramolecular Hbond substituents is 1. The number of ether oxygens (including phenoxy) is 2. The molecule has 2 aromatic carbocycles. The smallest absolute Gasteiger partial charge is 0.164 e. The lowest BCUT2D eigenvalue weighted by Crippen LogP contribution is -2.10. The number of aromatic nitrogens is 2. The number of fused-ring (bicyclic) bond motifs is 1. The quantitative estimate of drug-likeness (QED) is 0.357. The summed E-state index contributed by atoms with van der Waals surface area (Å²) < 4.78 is 11.4. The summed E-state index contributed by atoms with van der Waals surface area (Å²) in [7, 11) is 3.22. The molecule has 0 bridgehead atoms. The second-order valence-electron chi connectivity index (χ2n) is 7.46. The summed E-state index contributed by atoms with van der Waals surface area (Å²) in [5.74, 6) is 1.07. The van der Waals surface area contributed by atoms with Crippen LogP contribution in [-0.2, 0) is 6.42 Å². The van der Waals surface area contributed by atoms with Gasteiger partial charge >= 0.3 is 0 Å². The molecule has 0 aliphatic rings. The monoisotopic (exact) mass is 468 g/mol. The van der Waals surface area contributed by atoms with E-state index in [1.807, 2.05) is 43.3 Å². The Morgan fingerprint density at radius 2 is 1.69 bits per heavy atom. The van der Waals surface area contributed by atoms with Gasteiger partial charge in [-0.2, -0.15) is 0 Å². The van der Waals surface area contributed by atoms with E-state index >= 15 is 0 Å². The highest BCUT2D eigenvalue weighted by molar-refractivity contribution is 6.41. The van der Waals surface area contributed by atoms with Crippen LogP contribution in [0.15, 0.2) is 54.9 Å². The van der Waals surface area contributed by atoms with Gasteiger partial charge in [-0.25, -0.2) is 0 Å². The van der Waals surface area contributed by atoms with Crippen LogP contribution in [0.3, 0.4) is 0 Å². The zero-order chi connectivity index (χ0) is 22.8. The molecule has 5 nitrogen and oxygen atoms in total. The van der Waals surface area contributed by atoms with Crippen molar-refractivity contribution in [2.75, 3.05) is 14.2 Å². The minimum atomic E-state index is -0.310. The van der Waals surface area contributed by atoms with Crippen LogP contribution in [0.5, 0.6) is 17.2 Å². The summed E-state index contributed by atoms with van der Waals surface area (Å²) >= 11 is 12.3. The number of benzene rings is 2. The van der Waals surface area contributed by atoms with Crippen LogP contribution < -0.4 is 9.47 Å². The van der Waals surface area contributed by atoms with E-state index in [1.165, 1.54) is 6.20 Å². The van der Waals surface area contributed by atoms with Crippen molar-refractivity contribution in [3.63, 3.8) is 0 Å². The molecular formula is C25H22Cl2N2O3. The first kappa shape index (κ1) is 22.2. The highest BCUT2D eigenvalue weighted by atomic mass is 35.5. The maximum absolute atomic E-state index is 11.2. The van der Waals surface area contributed by atoms with Crippen molar-refractivity contribution in [2.45, 2.75) is 19.3 Å². The van der Waals surface area contributed by atoms with E-state index in [0.717, 1.165) is 22.2 Å². The SMILES string of the molecule is COc1c(C)ccc(C(Cc2cc(Cl)c(Cl)cn2)c2ccc3cccnc3c2O)c1OC. The zero-order valence-electron chi connectivity index (χ0n) is 17.9. The van der Waals surface area contributed by atoms with Gasteiger partial charge in [0.25, 0.3) is 0 Å². The molecule has 0 spiro atoms. The third-order valence-electron chi connectivity index (χ3n) is 5.56. The number of nitrogens with zero attached hydrogens (tertiary/aromatic N) is 2. The molecule has 1 unspecified atom stereocenters. The van der Waals surface area contributed by atoms with Gasteiger partial charge in [0.2, 0.25) is 0 Å². The minimum Gasteiger partial charge on any atom is -0.505 e. The number of methoxy groups -OCH3 is 2. The van der Waals surface area contributed by atoms with Gasteiger partial charge in [0.05, 0.1) is 24.3 Å².